The molecule has 1 aliphatic heterocycles. The minimum atomic E-state index is -3.39. The summed E-state index contributed by atoms with van der Waals surface area (Å²) in [7, 11) is -1.73. The van der Waals surface area contributed by atoms with Gasteiger partial charge in [-0.25, -0.2) is 8.42 Å². The Morgan fingerprint density at radius 2 is 2.17 bits per heavy atom. The number of benzene rings is 1. The molecule has 1 aliphatic rings. The third-order valence-corrected chi connectivity index (χ3v) is 6.15. The lowest BCUT2D eigenvalue weighted by Crippen LogP contribution is -2.38. The first kappa shape index (κ1) is 14.0. The van der Waals surface area contributed by atoms with Gasteiger partial charge >= 0.3 is 0 Å². The number of likely N-dealkylation sites (N-methyl/N-ethyl adjacent to an activating group) is 1. The molecule has 1 N–H and O–H groups in total. The first-order chi connectivity index (χ1) is 8.43. The highest BCUT2D eigenvalue weighted by atomic mass is 79.9. The molecule has 1 unspecified atom stereocenters. The zero-order valence-electron chi connectivity index (χ0n) is 10.5. The number of nitrogens with one attached hydrogen (secondary N) is 1. The molecule has 100 valence electrons. The van der Waals surface area contributed by atoms with E-state index in [4.69, 9.17) is 0 Å². The Kier molecular flexibility index (Phi) is 4.11. The molecule has 1 saturated heterocycles. The van der Waals surface area contributed by atoms with Crippen LogP contribution in [0.2, 0.25) is 0 Å². The lowest BCUT2D eigenvalue weighted by atomic mass is 10.2. The van der Waals surface area contributed by atoms with Crippen molar-refractivity contribution in [2.24, 2.45) is 0 Å². The van der Waals surface area contributed by atoms with Gasteiger partial charge in [0.25, 0.3) is 0 Å². The van der Waals surface area contributed by atoms with E-state index < -0.39 is 10.0 Å². The van der Waals surface area contributed by atoms with E-state index in [1.807, 2.05) is 6.92 Å². The van der Waals surface area contributed by atoms with Crippen LogP contribution in [0, 0.1) is 6.92 Å². The lowest BCUT2D eigenvalue weighted by Gasteiger charge is -2.23. The van der Waals surface area contributed by atoms with E-state index in [2.05, 4.69) is 21.2 Å². The Balaban J connectivity index is 2.32. The third kappa shape index (κ3) is 2.61. The first-order valence-corrected chi connectivity index (χ1v) is 8.11. The van der Waals surface area contributed by atoms with Crippen molar-refractivity contribution in [3.63, 3.8) is 0 Å². The van der Waals surface area contributed by atoms with Crippen LogP contribution in [-0.2, 0) is 10.0 Å². The summed E-state index contributed by atoms with van der Waals surface area (Å²) < 4.78 is 27.3. The molecular weight excluding hydrogens is 316 g/mol. The van der Waals surface area contributed by atoms with E-state index >= 15 is 0 Å². The topological polar surface area (TPSA) is 49.4 Å². The molecule has 6 heteroatoms. The van der Waals surface area contributed by atoms with Gasteiger partial charge in [0, 0.05) is 24.1 Å². The molecule has 0 bridgehead atoms. The summed E-state index contributed by atoms with van der Waals surface area (Å²) in [5.41, 5.74) is 0.925. The Morgan fingerprint density at radius 1 is 1.44 bits per heavy atom. The zero-order chi connectivity index (χ0) is 13.3. The summed E-state index contributed by atoms with van der Waals surface area (Å²) in [6.45, 7) is 3.50. The number of halogens is 1. The highest BCUT2D eigenvalue weighted by Crippen LogP contribution is 2.24. The number of rotatable bonds is 3. The van der Waals surface area contributed by atoms with Crippen LogP contribution in [-0.4, -0.2) is 38.9 Å². The predicted molar refractivity (Wildman–Crippen MR) is 75.1 cm³/mol. The molecule has 0 aliphatic carbocycles. The van der Waals surface area contributed by atoms with Crippen molar-refractivity contribution < 1.29 is 8.42 Å². The van der Waals surface area contributed by atoms with Gasteiger partial charge in [-0.05, 0) is 43.7 Å². The highest BCUT2D eigenvalue weighted by Gasteiger charge is 2.29. The second-order valence-electron chi connectivity index (χ2n) is 4.58. The SMILES string of the molecule is Cc1cc(S(=O)(=O)N(C)C2CCNC2)ccc1Br. The van der Waals surface area contributed by atoms with Crippen molar-refractivity contribution in [1.82, 2.24) is 9.62 Å². The van der Waals surface area contributed by atoms with Crippen LogP contribution in [0.5, 0.6) is 0 Å². The van der Waals surface area contributed by atoms with Crippen LogP contribution in [0.25, 0.3) is 0 Å². The van der Waals surface area contributed by atoms with Crippen LogP contribution in [0.1, 0.15) is 12.0 Å². The average Bonchev–Trinajstić information content (AvgIpc) is 2.85. The van der Waals surface area contributed by atoms with Gasteiger partial charge in [-0.2, -0.15) is 4.31 Å². The smallest absolute Gasteiger partial charge is 0.243 e. The molecule has 18 heavy (non-hydrogen) atoms. The maximum Gasteiger partial charge on any atom is 0.243 e. The van der Waals surface area contributed by atoms with E-state index in [-0.39, 0.29) is 6.04 Å². The molecule has 0 aromatic heterocycles. The van der Waals surface area contributed by atoms with Crippen molar-refractivity contribution in [2.45, 2.75) is 24.3 Å². The minimum absolute atomic E-state index is 0.0546. The molecule has 4 nitrogen and oxygen atoms in total. The molecule has 0 saturated carbocycles. The van der Waals surface area contributed by atoms with Crippen molar-refractivity contribution in [2.75, 3.05) is 20.1 Å². The molecule has 1 fully saturated rings. The third-order valence-electron chi connectivity index (χ3n) is 3.35. The molecule has 2 rings (SSSR count). The molecular formula is C12H17BrN2O2S. The van der Waals surface area contributed by atoms with Crippen LogP contribution < -0.4 is 5.32 Å². The number of hydrogen-bond donors (Lipinski definition) is 1. The second-order valence-corrected chi connectivity index (χ2v) is 7.43. The van der Waals surface area contributed by atoms with E-state index in [1.165, 1.54) is 4.31 Å². The van der Waals surface area contributed by atoms with Crippen molar-refractivity contribution in [1.29, 1.82) is 0 Å². The van der Waals surface area contributed by atoms with Gasteiger partial charge in [0.05, 0.1) is 4.90 Å². The fraction of sp³-hybridized carbons (Fsp3) is 0.500. The van der Waals surface area contributed by atoms with Crippen LogP contribution >= 0.6 is 15.9 Å². The van der Waals surface area contributed by atoms with E-state index in [1.54, 1.807) is 25.2 Å². The van der Waals surface area contributed by atoms with Gasteiger partial charge in [-0.3, -0.25) is 0 Å². The summed E-state index contributed by atoms with van der Waals surface area (Å²) in [6, 6.07) is 5.19. The quantitative estimate of drug-likeness (QED) is 0.917. The largest absolute Gasteiger partial charge is 0.315 e. The first-order valence-electron chi connectivity index (χ1n) is 5.88. The normalized spacial score (nSPS) is 20.6. The van der Waals surface area contributed by atoms with Crippen molar-refractivity contribution >= 4 is 26.0 Å². The number of hydrogen-bond acceptors (Lipinski definition) is 3. The maximum atomic E-state index is 12.5. The summed E-state index contributed by atoms with van der Waals surface area (Å²) in [4.78, 5) is 0.359. The Labute approximate surface area is 117 Å². The van der Waals surface area contributed by atoms with E-state index in [9.17, 15) is 8.42 Å². The molecule has 0 radical (unpaired) electrons. The van der Waals surface area contributed by atoms with Crippen LogP contribution in [0.4, 0.5) is 0 Å². The lowest BCUT2D eigenvalue weighted by molar-refractivity contribution is 0.387. The summed E-state index contributed by atoms with van der Waals surface area (Å²) in [6.07, 6.45) is 0.866. The summed E-state index contributed by atoms with van der Waals surface area (Å²) in [5.74, 6) is 0. The Bertz CT molecular complexity index is 539. The Hall–Kier alpha value is -0.430. The second kappa shape index (κ2) is 5.28. The maximum absolute atomic E-state index is 12.5. The van der Waals surface area contributed by atoms with Crippen molar-refractivity contribution in [3.8, 4) is 0 Å². The van der Waals surface area contributed by atoms with E-state index in [0.29, 0.717) is 4.90 Å². The van der Waals surface area contributed by atoms with Gasteiger partial charge in [0.2, 0.25) is 10.0 Å². The predicted octanol–water partition coefficient (Wildman–Crippen LogP) is 1.74. The molecule has 0 amide bonds. The molecule has 1 heterocycles. The van der Waals surface area contributed by atoms with Crippen LogP contribution in [0.15, 0.2) is 27.6 Å². The number of aryl methyl sites for hydroxylation is 1. The van der Waals surface area contributed by atoms with E-state index in [0.717, 1.165) is 29.5 Å². The average molecular weight is 333 g/mol. The van der Waals surface area contributed by atoms with Gasteiger partial charge in [0.1, 0.15) is 0 Å². The van der Waals surface area contributed by atoms with Gasteiger partial charge < -0.3 is 5.32 Å². The summed E-state index contributed by atoms with van der Waals surface area (Å²) in [5, 5.41) is 3.18. The monoisotopic (exact) mass is 332 g/mol. The fourth-order valence-electron chi connectivity index (χ4n) is 2.09. The fourth-order valence-corrected chi connectivity index (χ4v) is 3.81. The standard InChI is InChI=1S/C12H17BrN2O2S/c1-9-7-11(3-4-12(9)13)18(16,17)15(2)10-5-6-14-8-10/h3-4,7,10,14H,5-6,8H2,1-2H3. The zero-order valence-corrected chi connectivity index (χ0v) is 12.9. The molecule has 1 atom stereocenters. The molecule has 1 aromatic rings. The summed E-state index contributed by atoms with van der Waals surface area (Å²) >= 11 is 3.38. The highest BCUT2D eigenvalue weighted by molar-refractivity contribution is 9.10. The van der Waals surface area contributed by atoms with Crippen molar-refractivity contribution in [3.05, 3.63) is 28.2 Å². The van der Waals surface area contributed by atoms with Gasteiger partial charge in [-0.1, -0.05) is 15.9 Å². The molecule has 0 spiro atoms. The van der Waals surface area contributed by atoms with Gasteiger partial charge in [0.15, 0.2) is 0 Å². The van der Waals surface area contributed by atoms with Crippen LogP contribution in [0.3, 0.4) is 0 Å². The Morgan fingerprint density at radius 3 is 2.72 bits per heavy atom. The minimum Gasteiger partial charge on any atom is -0.315 e. The number of sulfonamides is 1. The van der Waals surface area contributed by atoms with Gasteiger partial charge in [-0.15, -0.1) is 0 Å². The molecule has 1 aromatic carbocycles. The number of nitrogens with zero attached hydrogens (tertiary/aromatic N) is 1.